The molecule has 6 rings (SSSR count). The Balaban J connectivity index is 1.49. The predicted molar refractivity (Wildman–Crippen MR) is 201 cm³/mol. The highest BCUT2D eigenvalue weighted by atomic mass is 79.9. The number of hydrogen-bond acceptors (Lipinski definition) is 7. The molecule has 2 aliphatic rings. The number of benzene rings is 3. The summed E-state index contributed by atoms with van der Waals surface area (Å²) in [4.78, 5) is 50.6. The van der Waals surface area contributed by atoms with E-state index in [1.807, 2.05) is 26.1 Å². The molecule has 1 saturated heterocycles. The van der Waals surface area contributed by atoms with Gasteiger partial charge in [-0.2, -0.15) is 18.3 Å². The second kappa shape index (κ2) is 16.0. The largest absolute Gasteiger partial charge is 0.447 e. The summed E-state index contributed by atoms with van der Waals surface area (Å²) in [6.45, 7) is 4.68. The molecular weight excluding hydrogens is 845 g/mol. The van der Waals surface area contributed by atoms with E-state index in [0.717, 1.165) is 15.9 Å². The van der Waals surface area contributed by atoms with Gasteiger partial charge in [0.05, 0.1) is 16.8 Å². The molecule has 4 aromatic rings. The first-order valence-corrected chi connectivity index (χ1v) is 18.7. The minimum Gasteiger partial charge on any atom is -0.447 e. The molecule has 2 heterocycles. The van der Waals surface area contributed by atoms with Crippen LogP contribution in [0.2, 0.25) is 5.02 Å². The zero-order chi connectivity index (χ0) is 41.3. The minimum atomic E-state index is -4.76. The first-order valence-electron chi connectivity index (χ1n) is 17.5. The van der Waals surface area contributed by atoms with E-state index in [1.54, 1.807) is 54.6 Å². The van der Waals surface area contributed by atoms with Crippen LogP contribution in [0.25, 0.3) is 5.69 Å². The van der Waals surface area contributed by atoms with Crippen LogP contribution in [0.4, 0.5) is 31.5 Å². The lowest BCUT2D eigenvalue weighted by atomic mass is 9.75. The maximum Gasteiger partial charge on any atom is 0.437 e. The molecule has 2 N–H and O–H groups in total. The van der Waals surface area contributed by atoms with Crippen molar-refractivity contribution in [3.05, 3.63) is 111 Å². The Bertz CT molecular complexity index is 2160. The highest BCUT2D eigenvalue weighted by Crippen LogP contribution is 2.49. The number of nitrogens with zero attached hydrogens (tertiary/aromatic N) is 5. The standard InChI is InChI=1S/C38H36BrClF5N7O5/c1-35(2,3)20-37(24-10-12-25(39)13-11-24)31(53)51(32(49-37)48-33(54)56-18-22-7-5-4-6-8-22)28(19-57-34(55)50-36(15-16-36)38(43,44)45)23-9-14-26(40)27(17-23)52-30(29(41)42)46-21-47-52/h4-14,17,21,28-29H,15-16,18-20H2,1-3H3,(H,50,55)(H,48,49,54)/t28?,37-/m1/s1. The first kappa shape index (κ1) is 41.5. The molecular formula is C38H36BrClF5N7O5. The minimum absolute atomic E-state index is 0.0643. The predicted octanol–water partition coefficient (Wildman–Crippen LogP) is 8.94. The maximum atomic E-state index is 15.3. The third-order valence-electron chi connectivity index (χ3n) is 9.34. The van der Waals surface area contributed by atoms with Crippen LogP contribution in [0, 0.1) is 5.41 Å². The molecule has 12 nitrogen and oxygen atoms in total. The van der Waals surface area contributed by atoms with E-state index in [9.17, 15) is 31.5 Å². The third-order valence-corrected chi connectivity index (χ3v) is 10.2. The Labute approximate surface area is 336 Å². The molecule has 2 fully saturated rings. The molecule has 57 heavy (non-hydrogen) atoms. The van der Waals surface area contributed by atoms with Crippen molar-refractivity contribution in [2.75, 3.05) is 6.61 Å². The van der Waals surface area contributed by atoms with Crippen molar-refractivity contribution in [3.8, 4) is 5.69 Å². The van der Waals surface area contributed by atoms with Gasteiger partial charge in [-0.05, 0) is 65.6 Å². The van der Waals surface area contributed by atoms with E-state index in [-0.39, 0.29) is 48.1 Å². The summed E-state index contributed by atoms with van der Waals surface area (Å²) >= 11 is 9.90. The van der Waals surface area contributed by atoms with Crippen molar-refractivity contribution in [1.82, 2.24) is 30.3 Å². The van der Waals surface area contributed by atoms with Gasteiger partial charge < -0.3 is 20.1 Å². The number of rotatable bonds is 11. The highest BCUT2D eigenvalue weighted by molar-refractivity contribution is 9.10. The fourth-order valence-corrected chi connectivity index (χ4v) is 7.02. The van der Waals surface area contributed by atoms with Gasteiger partial charge >= 0.3 is 18.4 Å². The highest BCUT2D eigenvalue weighted by Gasteiger charge is 2.65. The monoisotopic (exact) mass is 879 g/mol. The summed E-state index contributed by atoms with van der Waals surface area (Å²) in [7, 11) is 0. The van der Waals surface area contributed by atoms with Crippen LogP contribution in [0.3, 0.4) is 0 Å². The summed E-state index contributed by atoms with van der Waals surface area (Å²) in [6, 6.07) is 18.1. The number of aliphatic imine (C=N–C) groups is 1. The zero-order valence-corrected chi connectivity index (χ0v) is 33.0. The van der Waals surface area contributed by atoms with Crippen LogP contribution in [0.5, 0.6) is 0 Å². The van der Waals surface area contributed by atoms with Crippen molar-refractivity contribution in [1.29, 1.82) is 0 Å². The zero-order valence-electron chi connectivity index (χ0n) is 30.6. The van der Waals surface area contributed by atoms with Crippen LogP contribution < -0.4 is 10.6 Å². The number of carbonyl (C=O) groups excluding carboxylic acids is 3. The van der Waals surface area contributed by atoms with Crippen LogP contribution in [0.15, 0.2) is 88.6 Å². The number of ether oxygens (including phenoxy) is 2. The third kappa shape index (κ3) is 9.06. The van der Waals surface area contributed by atoms with Crippen molar-refractivity contribution in [2.45, 2.75) is 76.4 Å². The van der Waals surface area contributed by atoms with Crippen LogP contribution in [-0.2, 0) is 26.4 Å². The van der Waals surface area contributed by atoms with Gasteiger partial charge in [-0.25, -0.2) is 28.0 Å². The number of alkyl halides is 5. The van der Waals surface area contributed by atoms with Crippen molar-refractivity contribution < 1.29 is 45.8 Å². The van der Waals surface area contributed by atoms with Crippen LogP contribution >= 0.6 is 27.5 Å². The van der Waals surface area contributed by atoms with Crippen LogP contribution in [0.1, 0.15) is 75.0 Å². The quantitative estimate of drug-likeness (QED) is 0.143. The molecule has 1 unspecified atom stereocenters. The van der Waals surface area contributed by atoms with Crippen molar-refractivity contribution in [3.63, 3.8) is 0 Å². The average Bonchev–Trinajstić information content (AvgIpc) is 3.68. The lowest BCUT2D eigenvalue weighted by Crippen LogP contribution is -2.49. The van der Waals surface area contributed by atoms with Gasteiger partial charge in [0, 0.05) is 4.47 Å². The first-order chi connectivity index (χ1) is 26.8. The molecule has 1 saturated carbocycles. The SMILES string of the molecule is CC(C)(C)C[C@]1(c2ccc(Br)cc2)NC(=NC(=O)OCc2ccccc2)N(C(COC(=O)NC2(C(F)(F)F)CC2)c2ccc(Cl)c(-n3ncnc3C(F)F)c2)C1=O. The summed E-state index contributed by atoms with van der Waals surface area (Å²) in [5.74, 6) is -1.80. The molecule has 19 heteroatoms. The van der Waals surface area contributed by atoms with E-state index in [4.69, 9.17) is 21.1 Å². The Kier molecular flexibility index (Phi) is 11.7. The second-order valence-electron chi connectivity index (χ2n) is 14.8. The van der Waals surface area contributed by atoms with E-state index >= 15 is 4.79 Å². The van der Waals surface area contributed by atoms with Gasteiger partial charge in [-0.3, -0.25) is 9.69 Å². The number of halogens is 7. The van der Waals surface area contributed by atoms with Gasteiger partial charge in [0.2, 0.25) is 5.96 Å². The Hall–Kier alpha value is -5.10. The molecule has 3 aromatic carbocycles. The smallest absolute Gasteiger partial charge is 0.437 e. The number of alkyl carbamates (subject to hydrolysis) is 1. The summed E-state index contributed by atoms with van der Waals surface area (Å²) in [6.07, 6.45) is -10.1. The molecule has 2 atom stereocenters. The molecule has 0 spiro atoms. The van der Waals surface area contributed by atoms with E-state index < -0.39 is 65.7 Å². The molecule has 0 radical (unpaired) electrons. The fourth-order valence-electron chi connectivity index (χ4n) is 6.56. The molecule has 1 aliphatic carbocycles. The molecule has 3 amide bonds. The van der Waals surface area contributed by atoms with Gasteiger partial charge in [0.1, 0.15) is 30.6 Å². The normalized spacial score (nSPS) is 19.0. The number of hydrogen-bond donors (Lipinski definition) is 2. The number of amides is 3. The summed E-state index contributed by atoms with van der Waals surface area (Å²) < 4.78 is 81.7. The number of aromatic nitrogens is 3. The topological polar surface area (TPSA) is 140 Å². The maximum absolute atomic E-state index is 15.3. The van der Waals surface area contributed by atoms with E-state index in [0.29, 0.717) is 15.6 Å². The van der Waals surface area contributed by atoms with Gasteiger partial charge in [0.25, 0.3) is 12.3 Å². The molecule has 0 bridgehead atoms. The summed E-state index contributed by atoms with van der Waals surface area (Å²) in [5.41, 5.74) is -3.61. The van der Waals surface area contributed by atoms with Gasteiger partial charge in [-0.15, -0.1) is 4.99 Å². The Morgan fingerprint density at radius 1 is 1.04 bits per heavy atom. The average molecular weight is 881 g/mol. The fraction of sp³-hybridized carbons (Fsp3) is 0.368. The summed E-state index contributed by atoms with van der Waals surface area (Å²) in [5, 5.41) is 8.88. The molecule has 1 aliphatic heterocycles. The number of nitrogens with one attached hydrogen (secondary N) is 2. The number of carbonyl (C=O) groups is 3. The van der Waals surface area contributed by atoms with Gasteiger partial charge in [-0.1, -0.05) is 96.8 Å². The van der Waals surface area contributed by atoms with Crippen LogP contribution in [-0.4, -0.2) is 62.0 Å². The lowest BCUT2D eigenvalue weighted by molar-refractivity contribution is -0.164. The molecule has 302 valence electrons. The number of guanidine groups is 1. The second-order valence-corrected chi connectivity index (χ2v) is 16.1. The van der Waals surface area contributed by atoms with Gasteiger partial charge in [0.15, 0.2) is 5.82 Å². The lowest BCUT2D eigenvalue weighted by Gasteiger charge is -2.35. The van der Waals surface area contributed by atoms with E-state index in [1.165, 1.54) is 18.2 Å². The van der Waals surface area contributed by atoms with Crippen molar-refractivity contribution >= 4 is 51.6 Å². The Morgan fingerprint density at radius 2 is 1.72 bits per heavy atom. The molecule has 1 aromatic heterocycles. The van der Waals surface area contributed by atoms with E-state index in [2.05, 4.69) is 36.3 Å². The Morgan fingerprint density at radius 3 is 2.33 bits per heavy atom. The van der Waals surface area contributed by atoms with Crippen molar-refractivity contribution in [2.24, 2.45) is 10.4 Å².